The van der Waals surface area contributed by atoms with Crippen molar-refractivity contribution in [3.05, 3.63) is 40.5 Å². The predicted molar refractivity (Wildman–Crippen MR) is 80.9 cm³/mol. The molecule has 3 N–H and O–H groups in total. The van der Waals surface area contributed by atoms with Crippen molar-refractivity contribution in [3.63, 3.8) is 0 Å². The summed E-state index contributed by atoms with van der Waals surface area (Å²) in [6.45, 7) is 0. The third kappa shape index (κ3) is 2.60. The Morgan fingerprint density at radius 2 is 2.18 bits per heavy atom. The van der Waals surface area contributed by atoms with Crippen molar-refractivity contribution in [1.82, 2.24) is 0 Å². The number of rotatable bonds is 4. The highest BCUT2D eigenvalue weighted by atomic mass is 32.2. The zero-order chi connectivity index (χ0) is 15.9. The van der Waals surface area contributed by atoms with Crippen LogP contribution >= 0.6 is 0 Å². The molecule has 0 bridgehead atoms. The molecule has 0 heterocycles. The minimum atomic E-state index is -3.99. The fourth-order valence-corrected chi connectivity index (χ4v) is 3.26. The lowest BCUT2D eigenvalue weighted by atomic mass is 9.74. The van der Waals surface area contributed by atoms with E-state index in [2.05, 4.69) is 22.7 Å². The Labute approximate surface area is 126 Å². The van der Waals surface area contributed by atoms with E-state index in [9.17, 15) is 18.5 Å². The Balaban J connectivity index is 1.86. The van der Waals surface area contributed by atoms with E-state index in [0.717, 1.165) is 24.6 Å². The van der Waals surface area contributed by atoms with E-state index in [1.165, 1.54) is 12.1 Å². The third-order valence-electron chi connectivity index (χ3n) is 3.96. The third-order valence-corrected chi connectivity index (χ3v) is 4.87. The summed E-state index contributed by atoms with van der Waals surface area (Å²) in [6.07, 6.45) is 6.12. The lowest BCUT2D eigenvalue weighted by Gasteiger charge is -2.31. The van der Waals surface area contributed by atoms with E-state index < -0.39 is 14.9 Å². The molecule has 1 fully saturated rings. The molecule has 0 spiro atoms. The molecule has 116 valence electrons. The molecule has 1 aromatic rings. The van der Waals surface area contributed by atoms with Gasteiger partial charge < -0.3 is 0 Å². The molecule has 9 heteroatoms. The Kier molecular flexibility index (Phi) is 3.45. The molecule has 8 nitrogen and oxygen atoms in total. The average Bonchev–Trinajstić information content (AvgIpc) is 2.79. The molecule has 2 atom stereocenters. The fourth-order valence-electron chi connectivity index (χ4n) is 2.73. The molecule has 1 saturated carbocycles. The molecule has 0 aliphatic heterocycles. The van der Waals surface area contributed by atoms with Gasteiger partial charge in [0.15, 0.2) is 0 Å². The van der Waals surface area contributed by atoms with E-state index >= 15 is 0 Å². The molecule has 22 heavy (non-hydrogen) atoms. The highest BCUT2D eigenvalue weighted by molar-refractivity contribution is 7.89. The normalized spacial score (nSPS) is 24.9. The van der Waals surface area contributed by atoms with E-state index in [0.29, 0.717) is 11.8 Å². The predicted octanol–water partition coefficient (Wildman–Crippen LogP) is 1.61. The van der Waals surface area contributed by atoms with Gasteiger partial charge in [0.05, 0.1) is 9.82 Å². The van der Waals surface area contributed by atoms with Crippen molar-refractivity contribution in [3.8, 4) is 0 Å². The van der Waals surface area contributed by atoms with Gasteiger partial charge >= 0.3 is 0 Å². The summed E-state index contributed by atoms with van der Waals surface area (Å²) in [4.78, 5) is 10.1. The van der Waals surface area contributed by atoms with Crippen LogP contribution in [0.2, 0.25) is 0 Å². The minimum Gasteiger partial charge on any atom is -0.272 e. The fraction of sp³-hybridized carbons (Fsp3) is 0.308. The number of benzene rings is 1. The van der Waals surface area contributed by atoms with Crippen LogP contribution in [0.5, 0.6) is 0 Å². The molecule has 3 rings (SSSR count). The van der Waals surface area contributed by atoms with Gasteiger partial charge in [0.2, 0.25) is 10.0 Å². The van der Waals surface area contributed by atoms with E-state index in [4.69, 9.17) is 5.14 Å². The van der Waals surface area contributed by atoms with Gasteiger partial charge in [-0.3, -0.25) is 15.5 Å². The largest absolute Gasteiger partial charge is 0.295 e. The van der Waals surface area contributed by atoms with Crippen molar-refractivity contribution >= 4 is 27.1 Å². The lowest BCUT2D eigenvalue weighted by molar-refractivity contribution is -0.384. The van der Waals surface area contributed by atoms with Crippen LogP contribution in [-0.4, -0.2) is 19.1 Å². The number of allylic oxidation sites excluding steroid dienone is 2. The second kappa shape index (κ2) is 5.18. The van der Waals surface area contributed by atoms with Gasteiger partial charge in [0.1, 0.15) is 5.69 Å². The number of nitrogens with one attached hydrogen (secondary N) is 1. The van der Waals surface area contributed by atoms with Gasteiger partial charge in [-0.15, -0.1) is 0 Å². The first-order valence-corrected chi connectivity index (χ1v) is 8.21. The number of hydrogen-bond acceptors (Lipinski definition) is 6. The van der Waals surface area contributed by atoms with Crippen LogP contribution in [-0.2, 0) is 10.0 Å². The molecule has 2 aliphatic rings. The number of nitro benzene ring substituents is 1. The molecule has 2 aliphatic carbocycles. The summed E-state index contributed by atoms with van der Waals surface area (Å²) in [7, 11) is -3.99. The van der Waals surface area contributed by atoms with Gasteiger partial charge in [0.25, 0.3) is 5.69 Å². The van der Waals surface area contributed by atoms with Crippen LogP contribution in [0.1, 0.15) is 12.8 Å². The number of sulfonamides is 1. The van der Waals surface area contributed by atoms with Crippen molar-refractivity contribution in [2.75, 3.05) is 5.43 Å². The summed E-state index contributed by atoms with van der Waals surface area (Å²) in [6, 6.07) is 3.43. The summed E-state index contributed by atoms with van der Waals surface area (Å²) in [5.74, 6) is 0.913. The average molecular weight is 322 g/mol. The standard InChI is InChI=1S/C13H14N4O4S/c14-22(20,21)9-4-5-11(13(7-9)17(18)19)15-16-12-6-8-2-1-3-10(8)12/h1,3-5,7-8,10,15H,2,6H2,(H2,14,20,21)/b16-12-/t8-,10-/m1/s1. The van der Waals surface area contributed by atoms with Crippen molar-refractivity contribution < 1.29 is 13.3 Å². The van der Waals surface area contributed by atoms with Crippen LogP contribution in [0.15, 0.2) is 40.3 Å². The summed E-state index contributed by atoms with van der Waals surface area (Å²) < 4.78 is 22.5. The lowest BCUT2D eigenvalue weighted by Crippen LogP contribution is -2.33. The van der Waals surface area contributed by atoms with E-state index in [1.807, 2.05) is 0 Å². The van der Waals surface area contributed by atoms with E-state index in [1.54, 1.807) is 0 Å². The first-order chi connectivity index (χ1) is 10.4. The highest BCUT2D eigenvalue weighted by Gasteiger charge is 2.37. The number of fused-ring (bicyclic) bond motifs is 1. The number of anilines is 1. The Morgan fingerprint density at radius 1 is 1.41 bits per heavy atom. The molecule has 0 amide bonds. The first kappa shape index (κ1) is 14.7. The zero-order valence-electron chi connectivity index (χ0n) is 11.5. The zero-order valence-corrected chi connectivity index (χ0v) is 12.3. The number of nitrogens with zero attached hydrogens (tertiary/aromatic N) is 2. The maximum absolute atomic E-state index is 11.3. The van der Waals surface area contributed by atoms with Gasteiger partial charge in [-0.05, 0) is 30.9 Å². The van der Waals surface area contributed by atoms with Gasteiger partial charge in [0, 0.05) is 17.7 Å². The molecule has 0 saturated heterocycles. The molecule has 0 radical (unpaired) electrons. The number of nitro groups is 1. The maximum atomic E-state index is 11.3. The minimum absolute atomic E-state index is 0.135. The molecular weight excluding hydrogens is 308 g/mol. The van der Waals surface area contributed by atoms with Crippen LogP contribution < -0.4 is 10.6 Å². The molecule has 0 unspecified atom stereocenters. The van der Waals surface area contributed by atoms with Crippen LogP contribution in [0.25, 0.3) is 0 Å². The molecule has 1 aromatic carbocycles. The molecule has 0 aromatic heterocycles. The van der Waals surface area contributed by atoms with E-state index in [-0.39, 0.29) is 16.3 Å². The summed E-state index contributed by atoms with van der Waals surface area (Å²) in [5, 5.41) is 20.3. The Bertz CT molecular complexity index is 800. The van der Waals surface area contributed by atoms with Crippen molar-refractivity contribution in [1.29, 1.82) is 0 Å². The summed E-state index contributed by atoms with van der Waals surface area (Å²) in [5.41, 5.74) is 3.37. The first-order valence-electron chi connectivity index (χ1n) is 6.66. The van der Waals surface area contributed by atoms with Gasteiger partial charge in [-0.1, -0.05) is 12.2 Å². The second-order valence-corrected chi connectivity index (χ2v) is 6.91. The van der Waals surface area contributed by atoms with Gasteiger partial charge in [-0.2, -0.15) is 5.10 Å². The van der Waals surface area contributed by atoms with Gasteiger partial charge in [-0.25, -0.2) is 13.6 Å². The topological polar surface area (TPSA) is 128 Å². The van der Waals surface area contributed by atoms with Crippen molar-refractivity contribution in [2.45, 2.75) is 17.7 Å². The van der Waals surface area contributed by atoms with Crippen LogP contribution in [0.3, 0.4) is 0 Å². The molecular formula is C13H14N4O4S. The Hall–Kier alpha value is -2.26. The second-order valence-electron chi connectivity index (χ2n) is 5.35. The number of nitrogens with two attached hydrogens (primary N) is 1. The highest BCUT2D eigenvalue weighted by Crippen LogP contribution is 2.40. The SMILES string of the molecule is NS(=O)(=O)c1ccc(N/N=C2/C[C@H]3CC=C[C@@H]23)c([N+](=O)[O-])c1. The number of hydrogen-bond donors (Lipinski definition) is 2. The maximum Gasteiger partial charge on any atom is 0.295 e. The quantitative estimate of drug-likeness (QED) is 0.494. The smallest absolute Gasteiger partial charge is 0.272 e. The number of primary sulfonamides is 1. The number of hydrazone groups is 1. The Morgan fingerprint density at radius 3 is 2.82 bits per heavy atom. The van der Waals surface area contributed by atoms with Crippen LogP contribution in [0.4, 0.5) is 11.4 Å². The van der Waals surface area contributed by atoms with Crippen LogP contribution in [0, 0.1) is 22.0 Å². The monoisotopic (exact) mass is 322 g/mol. The summed E-state index contributed by atoms with van der Waals surface area (Å²) >= 11 is 0. The van der Waals surface area contributed by atoms with Crippen molar-refractivity contribution in [2.24, 2.45) is 22.1 Å².